The van der Waals surface area contributed by atoms with Crippen molar-refractivity contribution in [2.75, 3.05) is 18.6 Å². The summed E-state index contributed by atoms with van der Waals surface area (Å²) in [6.45, 7) is 2.80. The first-order valence-electron chi connectivity index (χ1n) is 6.70. The van der Waals surface area contributed by atoms with Gasteiger partial charge in [-0.05, 0) is 37.5 Å². The van der Waals surface area contributed by atoms with E-state index in [-0.39, 0.29) is 11.1 Å². The minimum Gasteiger partial charge on any atom is -0.468 e. The highest BCUT2D eigenvalue weighted by Gasteiger charge is 2.48. The summed E-state index contributed by atoms with van der Waals surface area (Å²) >= 11 is 13.1. The molecule has 1 aromatic rings. The minimum absolute atomic E-state index is 0.110. The Morgan fingerprint density at radius 2 is 2.38 bits per heavy atom. The highest BCUT2D eigenvalue weighted by molar-refractivity contribution is 7.98. The molecule has 2 heterocycles. The third-order valence-electron chi connectivity index (χ3n) is 3.99. The number of hydrogen-bond acceptors (Lipinski definition) is 3. The molecule has 0 aliphatic carbocycles. The predicted molar refractivity (Wildman–Crippen MR) is 88.6 cm³/mol. The molecule has 1 aromatic carbocycles. The number of benzene rings is 1. The van der Waals surface area contributed by atoms with Gasteiger partial charge in [0.1, 0.15) is 5.75 Å². The monoisotopic (exact) mass is 346 g/mol. The SMILES string of the molecule is CSCCN1C(=S)NC2CC1(C)Oc1ccc(Cl)c(F)c12. The molecule has 0 saturated carbocycles. The first kappa shape index (κ1) is 15.2. The molecule has 114 valence electrons. The van der Waals surface area contributed by atoms with Gasteiger partial charge in [-0.1, -0.05) is 11.6 Å². The molecule has 0 spiro atoms. The van der Waals surface area contributed by atoms with Gasteiger partial charge in [-0.25, -0.2) is 4.39 Å². The third-order valence-corrected chi connectivity index (χ3v) is 5.21. The van der Waals surface area contributed by atoms with Gasteiger partial charge in [-0.2, -0.15) is 11.8 Å². The topological polar surface area (TPSA) is 24.5 Å². The van der Waals surface area contributed by atoms with Crippen LogP contribution in [0.5, 0.6) is 5.75 Å². The number of nitrogens with zero attached hydrogens (tertiary/aromatic N) is 1. The largest absolute Gasteiger partial charge is 0.468 e. The van der Waals surface area contributed by atoms with Gasteiger partial charge in [0, 0.05) is 18.7 Å². The fraction of sp³-hybridized carbons (Fsp3) is 0.500. The van der Waals surface area contributed by atoms with Crippen LogP contribution in [0.2, 0.25) is 5.02 Å². The lowest BCUT2D eigenvalue weighted by molar-refractivity contribution is -0.0662. The number of thiocarbonyl (C=S) groups is 1. The van der Waals surface area contributed by atoms with Gasteiger partial charge in [0.15, 0.2) is 16.7 Å². The van der Waals surface area contributed by atoms with Crippen LogP contribution >= 0.6 is 35.6 Å². The van der Waals surface area contributed by atoms with Crippen LogP contribution < -0.4 is 10.1 Å². The highest BCUT2D eigenvalue weighted by atomic mass is 35.5. The van der Waals surface area contributed by atoms with Gasteiger partial charge in [-0.15, -0.1) is 0 Å². The number of ether oxygens (including phenoxy) is 1. The van der Waals surface area contributed by atoms with Crippen LogP contribution in [0.4, 0.5) is 4.39 Å². The maximum Gasteiger partial charge on any atom is 0.184 e. The van der Waals surface area contributed by atoms with Gasteiger partial charge < -0.3 is 15.0 Å². The molecule has 0 radical (unpaired) electrons. The Labute approximate surface area is 138 Å². The van der Waals surface area contributed by atoms with E-state index in [2.05, 4.69) is 11.6 Å². The Hall–Kier alpha value is -0.720. The van der Waals surface area contributed by atoms with Crippen molar-refractivity contribution < 1.29 is 9.13 Å². The molecule has 0 aromatic heterocycles. The van der Waals surface area contributed by atoms with Crippen molar-refractivity contribution in [2.45, 2.75) is 25.1 Å². The Balaban J connectivity index is 2.01. The number of rotatable bonds is 3. The van der Waals surface area contributed by atoms with Crippen molar-refractivity contribution in [3.8, 4) is 5.75 Å². The number of nitrogens with one attached hydrogen (secondary N) is 1. The summed E-state index contributed by atoms with van der Waals surface area (Å²) < 4.78 is 20.4. The number of hydrogen-bond donors (Lipinski definition) is 1. The first-order valence-corrected chi connectivity index (χ1v) is 8.88. The summed E-state index contributed by atoms with van der Waals surface area (Å²) in [6.07, 6.45) is 2.69. The molecule has 2 unspecified atom stereocenters. The van der Waals surface area contributed by atoms with E-state index >= 15 is 0 Å². The van der Waals surface area contributed by atoms with Crippen LogP contribution in [0.15, 0.2) is 12.1 Å². The number of thioether (sulfide) groups is 1. The molecule has 0 amide bonds. The smallest absolute Gasteiger partial charge is 0.184 e. The molecule has 1 N–H and O–H groups in total. The van der Waals surface area contributed by atoms with E-state index in [1.165, 1.54) is 6.07 Å². The van der Waals surface area contributed by atoms with E-state index < -0.39 is 11.5 Å². The van der Waals surface area contributed by atoms with Crippen LogP contribution in [-0.2, 0) is 0 Å². The number of fused-ring (bicyclic) bond motifs is 4. The van der Waals surface area contributed by atoms with Crippen molar-refractivity contribution in [1.82, 2.24) is 10.2 Å². The molecule has 1 fully saturated rings. The van der Waals surface area contributed by atoms with E-state index in [0.29, 0.717) is 22.8 Å². The lowest BCUT2D eigenvalue weighted by atomic mass is 9.90. The van der Waals surface area contributed by atoms with E-state index in [9.17, 15) is 4.39 Å². The molecule has 2 aliphatic rings. The second kappa shape index (κ2) is 5.48. The fourth-order valence-corrected chi connectivity index (χ4v) is 3.93. The molecule has 1 saturated heterocycles. The van der Waals surface area contributed by atoms with Gasteiger partial charge in [0.2, 0.25) is 0 Å². The Bertz CT molecular complexity index is 601. The summed E-state index contributed by atoms with van der Waals surface area (Å²) in [5.41, 5.74) is -0.0671. The quantitative estimate of drug-likeness (QED) is 0.843. The average Bonchev–Trinajstić information content (AvgIpc) is 2.42. The standard InChI is InChI=1S/C14H16ClFN2OS2/c1-14-7-9(17-13(20)18(14)5-6-21-2)11-10(19-14)4-3-8(15)12(11)16/h3-4,9H,5-7H2,1-2H3,(H,17,20). The van der Waals surface area contributed by atoms with Gasteiger partial charge in [-0.3, -0.25) is 0 Å². The lowest BCUT2D eigenvalue weighted by Gasteiger charge is -2.52. The van der Waals surface area contributed by atoms with Crippen LogP contribution in [-0.4, -0.2) is 34.3 Å². The second-order valence-electron chi connectivity index (χ2n) is 5.40. The normalized spacial score (nSPS) is 27.0. The summed E-state index contributed by atoms with van der Waals surface area (Å²) in [6, 6.07) is 3.06. The zero-order valence-electron chi connectivity index (χ0n) is 11.8. The predicted octanol–water partition coefficient (Wildman–Crippen LogP) is 3.57. The molecule has 3 nitrogen and oxygen atoms in total. The Morgan fingerprint density at radius 3 is 3.10 bits per heavy atom. The zero-order chi connectivity index (χ0) is 15.2. The lowest BCUT2D eigenvalue weighted by Crippen LogP contribution is -2.65. The molecular weight excluding hydrogens is 331 g/mol. The Morgan fingerprint density at radius 1 is 1.62 bits per heavy atom. The van der Waals surface area contributed by atoms with E-state index in [4.69, 9.17) is 28.6 Å². The van der Waals surface area contributed by atoms with Gasteiger partial charge in [0.05, 0.1) is 16.6 Å². The summed E-state index contributed by atoms with van der Waals surface area (Å²) in [4.78, 5) is 2.05. The Kier molecular flexibility index (Phi) is 3.96. The van der Waals surface area contributed by atoms with E-state index in [1.807, 2.05) is 11.8 Å². The van der Waals surface area contributed by atoms with Crippen LogP contribution in [0, 0.1) is 5.82 Å². The summed E-state index contributed by atoms with van der Waals surface area (Å²) in [5.74, 6) is 1.07. The third kappa shape index (κ3) is 2.47. The van der Waals surface area contributed by atoms with E-state index in [0.717, 1.165) is 12.3 Å². The minimum atomic E-state index is -0.546. The second-order valence-corrected chi connectivity index (χ2v) is 7.18. The summed E-state index contributed by atoms with van der Waals surface area (Å²) in [5, 5.41) is 3.94. The summed E-state index contributed by atoms with van der Waals surface area (Å²) in [7, 11) is 0. The first-order chi connectivity index (χ1) is 9.96. The molecule has 2 bridgehead atoms. The van der Waals surface area contributed by atoms with Crippen molar-refractivity contribution in [3.63, 3.8) is 0 Å². The van der Waals surface area contributed by atoms with Crippen molar-refractivity contribution >= 4 is 40.7 Å². The maximum atomic E-state index is 14.3. The van der Waals surface area contributed by atoms with Crippen LogP contribution in [0.3, 0.4) is 0 Å². The van der Waals surface area contributed by atoms with Crippen LogP contribution in [0.25, 0.3) is 0 Å². The molecular formula is C14H16ClFN2OS2. The molecule has 2 aliphatic heterocycles. The molecule has 7 heteroatoms. The van der Waals surface area contributed by atoms with E-state index in [1.54, 1.807) is 17.8 Å². The van der Waals surface area contributed by atoms with Crippen molar-refractivity contribution in [1.29, 1.82) is 0 Å². The molecule has 3 rings (SSSR count). The van der Waals surface area contributed by atoms with Crippen LogP contribution in [0.1, 0.15) is 24.9 Å². The van der Waals surface area contributed by atoms with Gasteiger partial charge in [0.25, 0.3) is 0 Å². The maximum absolute atomic E-state index is 14.3. The van der Waals surface area contributed by atoms with Crippen molar-refractivity contribution in [2.24, 2.45) is 0 Å². The number of halogens is 2. The highest BCUT2D eigenvalue weighted by Crippen LogP contribution is 2.46. The van der Waals surface area contributed by atoms with Gasteiger partial charge >= 0.3 is 0 Å². The molecule has 21 heavy (non-hydrogen) atoms. The fourth-order valence-electron chi connectivity index (χ4n) is 2.97. The zero-order valence-corrected chi connectivity index (χ0v) is 14.2. The average molecular weight is 347 g/mol. The molecule has 2 atom stereocenters. The van der Waals surface area contributed by atoms with Crippen molar-refractivity contribution in [3.05, 3.63) is 28.5 Å².